The molecule has 1 aliphatic carbocycles. The van der Waals surface area contributed by atoms with E-state index in [-0.39, 0.29) is 0 Å². The summed E-state index contributed by atoms with van der Waals surface area (Å²) in [5.41, 5.74) is 4.46. The third-order valence-electron chi connectivity index (χ3n) is 7.08. The number of ether oxygens (including phenoxy) is 1. The smallest absolute Gasteiger partial charge is 0.146 e. The van der Waals surface area contributed by atoms with E-state index >= 15 is 0 Å². The molecule has 6 rings (SSSR count). The van der Waals surface area contributed by atoms with E-state index in [1.807, 2.05) is 11.3 Å². The summed E-state index contributed by atoms with van der Waals surface area (Å²) in [6.45, 7) is 8.72. The molecule has 162 valence electrons. The molecule has 0 spiro atoms. The predicted octanol–water partition coefficient (Wildman–Crippen LogP) is 4.21. The van der Waals surface area contributed by atoms with Crippen LogP contribution in [0.2, 0.25) is 0 Å². The molecule has 6 heteroatoms. The van der Waals surface area contributed by atoms with Crippen LogP contribution < -0.4 is 4.90 Å². The van der Waals surface area contributed by atoms with Crippen LogP contribution in [-0.4, -0.2) is 47.7 Å². The Labute approximate surface area is 188 Å². The van der Waals surface area contributed by atoms with E-state index < -0.39 is 0 Å². The van der Waals surface area contributed by atoms with Crippen LogP contribution in [0.3, 0.4) is 0 Å². The molecule has 3 aliphatic rings. The predicted molar refractivity (Wildman–Crippen MR) is 126 cm³/mol. The molecule has 0 amide bonds. The summed E-state index contributed by atoms with van der Waals surface area (Å²) in [4.78, 5) is 18.0. The largest absolute Gasteiger partial charge is 0.379 e. The Balaban J connectivity index is 1.43. The number of benzene rings is 1. The van der Waals surface area contributed by atoms with Crippen molar-refractivity contribution in [2.24, 2.45) is 5.92 Å². The Morgan fingerprint density at radius 2 is 1.90 bits per heavy atom. The summed E-state index contributed by atoms with van der Waals surface area (Å²) in [5.74, 6) is 2.91. The summed E-state index contributed by atoms with van der Waals surface area (Å²) in [6.07, 6.45) is 4.72. The highest BCUT2D eigenvalue weighted by Crippen LogP contribution is 2.42. The lowest BCUT2D eigenvalue weighted by Gasteiger charge is -2.31. The van der Waals surface area contributed by atoms with Crippen LogP contribution in [0, 0.1) is 5.92 Å². The fourth-order valence-electron chi connectivity index (χ4n) is 5.30. The SMILES string of the molecule is C[C@H]1CCc2c(sc3nc(CN4CCOCC4)nc(N4CCc5ccccc5C4)c23)C1. The van der Waals surface area contributed by atoms with E-state index in [0.29, 0.717) is 0 Å². The molecule has 0 saturated carbocycles. The highest BCUT2D eigenvalue weighted by atomic mass is 32.1. The lowest BCUT2D eigenvalue weighted by Crippen LogP contribution is -2.36. The Bertz CT molecular complexity index is 1100. The van der Waals surface area contributed by atoms with Gasteiger partial charge < -0.3 is 9.64 Å². The average molecular weight is 435 g/mol. The molecule has 0 radical (unpaired) electrons. The molecule has 1 fully saturated rings. The molecule has 0 unspecified atom stereocenters. The van der Waals surface area contributed by atoms with Gasteiger partial charge in [-0.1, -0.05) is 31.2 Å². The van der Waals surface area contributed by atoms with Crippen molar-refractivity contribution in [3.05, 3.63) is 51.7 Å². The monoisotopic (exact) mass is 434 g/mol. The number of anilines is 1. The van der Waals surface area contributed by atoms with Crippen LogP contribution in [0.5, 0.6) is 0 Å². The van der Waals surface area contributed by atoms with Gasteiger partial charge in [0.05, 0.1) is 25.1 Å². The molecule has 2 aliphatic heterocycles. The average Bonchev–Trinajstić information content (AvgIpc) is 3.16. The van der Waals surface area contributed by atoms with Crippen molar-refractivity contribution < 1.29 is 4.74 Å². The molecule has 4 heterocycles. The van der Waals surface area contributed by atoms with Crippen molar-refractivity contribution in [1.82, 2.24) is 14.9 Å². The second-order valence-electron chi connectivity index (χ2n) is 9.32. The normalized spacial score (nSPS) is 21.8. The molecule has 1 atom stereocenters. The van der Waals surface area contributed by atoms with E-state index in [1.54, 1.807) is 4.88 Å². The molecule has 1 saturated heterocycles. The first-order valence-electron chi connectivity index (χ1n) is 11.7. The van der Waals surface area contributed by atoms with Gasteiger partial charge in [0.15, 0.2) is 0 Å². The number of nitrogens with zero attached hydrogens (tertiary/aromatic N) is 4. The maximum Gasteiger partial charge on any atom is 0.146 e. The van der Waals surface area contributed by atoms with Crippen LogP contribution in [0.1, 0.15) is 40.7 Å². The van der Waals surface area contributed by atoms with Gasteiger partial charge in [0.2, 0.25) is 0 Å². The van der Waals surface area contributed by atoms with Gasteiger partial charge in [-0.05, 0) is 48.3 Å². The zero-order valence-electron chi connectivity index (χ0n) is 18.3. The fraction of sp³-hybridized carbons (Fsp3) is 0.520. The maximum absolute atomic E-state index is 5.54. The summed E-state index contributed by atoms with van der Waals surface area (Å²) in [5, 5.41) is 1.34. The van der Waals surface area contributed by atoms with Gasteiger partial charge in [-0.15, -0.1) is 11.3 Å². The van der Waals surface area contributed by atoms with Crippen LogP contribution in [0.4, 0.5) is 5.82 Å². The number of rotatable bonds is 3. The first-order chi connectivity index (χ1) is 15.2. The van der Waals surface area contributed by atoms with Gasteiger partial charge in [0.25, 0.3) is 0 Å². The standard InChI is InChI=1S/C25H30N4OS/c1-17-6-7-20-21(14-17)31-25-23(20)24(26-22(27-25)16-28-10-12-30-13-11-28)29-9-8-18-4-2-3-5-19(18)15-29/h2-5,17H,6-16H2,1H3/t17-/m0/s1. The van der Waals surface area contributed by atoms with Gasteiger partial charge in [-0.2, -0.15) is 0 Å². The number of thiophene rings is 1. The Morgan fingerprint density at radius 3 is 2.77 bits per heavy atom. The number of fused-ring (bicyclic) bond motifs is 4. The minimum absolute atomic E-state index is 0.770. The van der Waals surface area contributed by atoms with E-state index in [0.717, 1.165) is 64.1 Å². The molecule has 31 heavy (non-hydrogen) atoms. The van der Waals surface area contributed by atoms with E-state index in [9.17, 15) is 0 Å². The van der Waals surface area contributed by atoms with E-state index in [1.165, 1.54) is 52.0 Å². The zero-order chi connectivity index (χ0) is 20.8. The van der Waals surface area contributed by atoms with Gasteiger partial charge in [-0.25, -0.2) is 9.97 Å². The molecule has 0 N–H and O–H groups in total. The van der Waals surface area contributed by atoms with Crippen molar-refractivity contribution in [3.8, 4) is 0 Å². The Hall–Kier alpha value is -2.02. The highest BCUT2D eigenvalue weighted by Gasteiger charge is 2.28. The minimum atomic E-state index is 0.770. The first kappa shape index (κ1) is 19.6. The molecule has 5 nitrogen and oxygen atoms in total. The zero-order valence-corrected chi connectivity index (χ0v) is 19.1. The lowest BCUT2D eigenvalue weighted by molar-refractivity contribution is 0.0331. The highest BCUT2D eigenvalue weighted by molar-refractivity contribution is 7.19. The van der Waals surface area contributed by atoms with Crippen LogP contribution >= 0.6 is 11.3 Å². The number of hydrogen-bond donors (Lipinski definition) is 0. The van der Waals surface area contributed by atoms with E-state index in [2.05, 4.69) is 41.0 Å². The molecule has 3 aromatic rings. The number of aromatic nitrogens is 2. The van der Waals surface area contributed by atoms with Gasteiger partial charge >= 0.3 is 0 Å². The van der Waals surface area contributed by atoms with Crippen molar-refractivity contribution in [2.75, 3.05) is 37.7 Å². The van der Waals surface area contributed by atoms with Crippen molar-refractivity contribution in [2.45, 2.75) is 45.7 Å². The van der Waals surface area contributed by atoms with Crippen molar-refractivity contribution >= 4 is 27.4 Å². The molecular weight excluding hydrogens is 404 g/mol. The third-order valence-corrected chi connectivity index (χ3v) is 8.23. The second-order valence-corrected chi connectivity index (χ2v) is 10.4. The lowest BCUT2D eigenvalue weighted by atomic mass is 9.89. The van der Waals surface area contributed by atoms with Crippen molar-refractivity contribution in [1.29, 1.82) is 0 Å². The molecule has 2 aromatic heterocycles. The van der Waals surface area contributed by atoms with Crippen LogP contribution in [0.25, 0.3) is 10.2 Å². The number of morpholine rings is 1. The second kappa shape index (κ2) is 8.15. The summed E-state index contributed by atoms with van der Waals surface area (Å²) >= 11 is 1.92. The fourth-order valence-corrected chi connectivity index (χ4v) is 6.70. The van der Waals surface area contributed by atoms with Gasteiger partial charge in [-0.3, -0.25) is 4.90 Å². The van der Waals surface area contributed by atoms with Crippen LogP contribution in [0.15, 0.2) is 24.3 Å². The van der Waals surface area contributed by atoms with Crippen LogP contribution in [-0.2, 0) is 37.1 Å². The summed E-state index contributed by atoms with van der Waals surface area (Å²) in [6, 6.07) is 8.88. The molecule has 0 bridgehead atoms. The minimum Gasteiger partial charge on any atom is -0.379 e. The number of hydrogen-bond acceptors (Lipinski definition) is 6. The summed E-state index contributed by atoms with van der Waals surface area (Å²) < 4.78 is 5.54. The maximum atomic E-state index is 5.54. The quantitative estimate of drug-likeness (QED) is 0.618. The van der Waals surface area contributed by atoms with Gasteiger partial charge in [0, 0.05) is 31.1 Å². The van der Waals surface area contributed by atoms with Gasteiger partial charge in [0.1, 0.15) is 16.5 Å². The Morgan fingerprint density at radius 1 is 1.06 bits per heavy atom. The summed E-state index contributed by atoms with van der Waals surface area (Å²) in [7, 11) is 0. The third kappa shape index (κ3) is 3.75. The number of aryl methyl sites for hydroxylation is 1. The molecule has 1 aromatic carbocycles. The molecular formula is C25H30N4OS. The Kier molecular flexibility index (Phi) is 5.17. The van der Waals surface area contributed by atoms with E-state index in [4.69, 9.17) is 14.7 Å². The first-order valence-corrected chi connectivity index (χ1v) is 12.5. The topological polar surface area (TPSA) is 41.5 Å². The van der Waals surface area contributed by atoms with Crippen molar-refractivity contribution in [3.63, 3.8) is 0 Å².